The van der Waals surface area contributed by atoms with Crippen LogP contribution >= 0.6 is 0 Å². The van der Waals surface area contributed by atoms with Gasteiger partial charge in [-0.3, -0.25) is 0 Å². The van der Waals surface area contributed by atoms with Crippen LogP contribution < -0.4 is 0 Å². The Morgan fingerprint density at radius 3 is 1.15 bits per heavy atom. The Bertz CT molecular complexity index is 1910. The zero-order valence-corrected chi connectivity index (χ0v) is 21.9. The van der Waals surface area contributed by atoms with Crippen molar-refractivity contribution in [1.82, 2.24) is 9.97 Å². The molecular formula is C38H26N2. The van der Waals surface area contributed by atoms with Gasteiger partial charge in [-0.25, -0.2) is 9.97 Å². The molecule has 1 aromatic heterocycles. The summed E-state index contributed by atoms with van der Waals surface area (Å²) in [7, 11) is 0. The van der Waals surface area contributed by atoms with Crippen LogP contribution in [0.2, 0.25) is 0 Å². The highest BCUT2D eigenvalue weighted by atomic mass is 14.8. The third kappa shape index (κ3) is 4.46. The van der Waals surface area contributed by atoms with Gasteiger partial charge in [0.2, 0.25) is 0 Å². The molecule has 0 saturated heterocycles. The van der Waals surface area contributed by atoms with Gasteiger partial charge >= 0.3 is 0 Å². The van der Waals surface area contributed by atoms with Crippen molar-refractivity contribution in [1.29, 1.82) is 0 Å². The Balaban J connectivity index is 1.54. The second kappa shape index (κ2) is 10.4. The molecule has 0 aliphatic carbocycles. The molecule has 0 unspecified atom stereocenters. The van der Waals surface area contributed by atoms with E-state index in [-0.39, 0.29) is 0 Å². The second-order valence-corrected chi connectivity index (χ2v) is 9.82. The molecule has 188 valence electrons. The van der Waals surface area contributed by atoms with Crippen LogP contribution in [-0.4, -0.2) is 9.97 Å². The van der Waals surface area contributed by atoms with Gasteiger partial charge in [0.05, 0.1) is 22.4 Å². The maximum atomic E-state index is 5.42. The fourth-order valence-corrected chi connectivity index (χ4v) is 5.31. The van der Waals surface area contributed by atoms with Crippen LogP contribution in [0.1, 0.15) is 0 Å². The molecule has 0 bridgehead atoms. The van der Waals surface area contributed by atoms with Crippen LogP contribution in [0.4, 0.5) is 0 Å². The molecule has 2 nitrogen and oxygen atoms in total. The van der Waals surface area contributed by atoms with E-state index in [0.29, 0.717) is 0 Å². The number of fused-ring (bicyclic) bond motifs is 1. The van der Waals surface area contributed by atoms with E-state index in [1.165, 1.54) is 11.1 Å². The molecule has 0 N–H and O–H groups in total. The molecule has 0 saturated carbocycles. The first-order valence-electron chi connectivity index (χ1n) is 13.5. The summed E-state index contributed by atoms with van der Waals surface area (Å²) in [4.78, 5) is 10.8. The van der Waals surface area contributed by atoms with Crippen LogP contribution in [0.5, 0.6) is 0 Å². The average molecular weight is 511 g/mol. The third-order valence-electron chi connectivity index (χ3n) is 7.28. The van der Waals surface area contributed by atoms with Crippen LogP contribution in [0.15, 0.2) is 158 Å². The van der Waals surface area contributed by atoms with E-state index in [9.17, 15) is 0 Å². The molecule has 0 fully saturated rings. The molecule has 6 aromatic carbocycles. The first-order chi connectivity index (χ1) is 19.8. The van der Waals surface area contributed by atoms with Crippen molar-refractivity contribution in [2.45, 2.75) is 0 Å². The summed E-state index contributed by atoms with van der Waals surface area (Å²) in [5.74, 6) is 0. The first kappa shape index (κ1) is 23.8. The molecule has 0 aliphatic rings. The normalized spacial score (nSPS) is 11.0. The van der Waals surface area contributed by atoms with Crippen molar-refractivity contribution in [3.63, 3.8) is 0 Å². The Kier molecular flexibility index (Phi) is 6.20. The number of aromatic nitrogens is 2. The van der Waals surface area contributed by atoms with Crippen molar-refractivity contribution in [2.75, 3.05) is 0 Å². The maximum Gasteiger partial charge on any atom is 0.0979 e. The SMILES string of the molecule is c1ccc(-c2cccc(-c3ccc(-c4ccccc4)c4nc(-c5ccccc5)c(-c5ccccc5)nc34)c2)cc1. The second-order valence-electron chi connectivity index (χ2n) is 9.82. The van der Waals surface area contributed by atoms with Gasteiger partial charge in [0, 0.05) is 22.3 Å². The molecule has 2 heteroatoms. The monoisotopic (exact) mass is 510 g/mol. The van der Waals surface area contributed by atoms with Crippen LogP contribution in [-0.2, 0) is 0 Å². The fourth-order valence-electron chi connectivity index (χ4n) is 5.31. The van der Waals surface area contributed by atoms with Gasteiger partial charge in [-0.05, 0) is 28.3 Å². The summed E-state index contributed by atoms with van der Waals surface area (Å²) in [5, 5.41) is 0. The highest BCUT2D eigenvalue weighted by molar-refractivity contribution is 6.03. The van der Waals surface area contributed by atoms with E-state index < -0.39 is 0 Å². The maximum absolute atomic E-state index is 5.42. The molecular weight excluding hydrogens is 484 g/mol. The first-order valence-corrected chi connectivity index (χ1v) is 13.5. The van der Waals surface area contributed by atoms with Gasteiger partial charge in [0.25, 0.3) is 0 Å². The number of benzene rings is 6. The largest absolute Gasteiger partial charge is 0.243 e. The lowest BCUT2D eigenvalue weighted by Crippen LogP contribution is -1.99. The van der Waals surface area contributed by atoms with E-state index in [2.05, 4.69) is 133 Å². The third-order valence-corrected chi connectivity index (χ3v) is 7.28. The number of hydrogen-bond acceptors (Lipinski definition) is 2. The average Bonchev–Trinajstić information content (AvgIpc) is 3.05. The predicted molar refractivity (Wildman–Crippen MR) is 167 cm³/mol. The van der Waals surface area contributed by atoms with Gasteiger partial charge in [0.15, 0.2) is 0 Å². The molecule has 0 spiro atoms. The van der Waals surface area contributed by atoms with Gasteiger partial charge < -0.3 is 0 Å². The molecule has 7 rings (SSSR count). The summed E-state index contributed by atoms with van der Waals surface area (Å²) < 4.78 is 0. The van der Waals surface area contributed by atoms with Crippen molar-refractivity contribution in [3.05, 3.63) is 158 Å². The molecule has 0 radical (unpaired) electrons. The number of nitrogens with zero attached hydrogens (tertiary/aromatic N) is 2. The van der Waals surface area contributed by atoms with Gasteiger partial charge in [0.1, 0.15) is 0 Å². The summed E-state index contributed by atoms with van der Waals surface area (Å²) in [6.07, 6.45) is 0. The highest BCUT2D eigenvalue weighted by Crippen LogP contribution is 2.39. The van der Waals surface area contributed by atoms with E-state index in [1.54, 1.807) is 0 Å². The Morgan fingerprint density at radius 1 is 0.275 bits per heavy atom. The minimum atomic E-state index is 0.880. The van der Waals surface area contributed by atoms with E-state index >= 15 is 0 Å². The number of hydrogen-bond donors (Lipinski definition) is 0. The minimum Gasteiger partial charge on any atom is -0.243 e. The zero-order chi connectivity index (χ0) is 26.7. The predicted octanol–water partition coefficient (Wildman–Crippen LogP) is 9.96. The van der Waals surface area contributed by atoms with Crippen LogP contribution in [0.25, 0.3) is 66.9 Å². The molecule has 0 amide bonds. The Morgan fingerprint density at radius 2 is 0.650 bits per heavy atom. The lowest BCUT2D eigenvalue weighted by atomic mass is 9.94. The van der Waals surface area contributed by atoms with Crippen molar-refractivity contribution >= 4 is 11.0 Å². The summed E-state index contributed by atoms with van der Waals surface area (Å²) in [6, 6.07) is 54.8. The smallest absolute Gasteiger partial charge is 0.0979 e. The number of rotatable bonds is 5. The Labute approximate surface area is 234 Å². The van der Waals surface area contributed by atoms with Crippen molar-refractivity contribution < 1.29 is 0 Å². The standard InChI is InChI=1S/C38H26N2/c1-5-14-27(15-6-1)31-22-13-23-32(26-31)34-25-24-33(28-16-7-2-8-17-28)37-38(34)40-36(30-20-11-4-12-21-30)35(39-37)29-18-9-3-10-19-29/h1-26H. The molecule has 40 heavy (non-hydrogen) atoms. The minimum absolute atomic E-state index is 0.880. The molecule has 0 atom stereocenters. The van der Waals surface area contributed by atoms with Gasteiger partial charge in [-0.1, -0.05) is 152 Å². The highest BCUT2D eigenvalue weighted by Gasteiger charge is 2.19. The zero-order valence-electron chi connectivity index (χ0n) is 21.9. The summed E-state index contributed by atoms with van der Waals surface area (Å²) >= 11 is 0. The topological polar surface area (TPSA) is 25.8 Å². The molecule has 7 aromatic rings. The van der Waals surface area contributed by atoms with E-state index in [0.717, 1.165) is 55.8 Å². The van der Waals surface area contributed by atoms with Crippen molar-refractivity contribution in [3.8, 4) is 55.9 Å². The summed E-state index contributed by atoms with van der Waals surface area (Å²) in [6.45, 7) is 0. The Hall–Kier alpha value is -5.34. The van der Waals surface area contributed by atoms with Crippen molar-refractivity contribution in [2.24, 2.45) is 0 Å². The molecule has 1 heterocycles. The van der Waals surface area contributed by atoms with Gasteiger partial charge in [-0.2, -0.15) is 0 Å². The summed E-state index contributed by atoms with van der Waals surface area (Å²) in [5.41, 5.74) is 12.4. The van der Waals surface area contributed by atoms with Crippen LogP contribution in [0.3, 0.4) is 0 Å². The lowest BCUT2D eigenvalue weighted by molar-refractivity contribution is 1.29. The fraction of sp³-hybridized carbons (Fsp3) is 0. The quantitative estimate of drug-likeness (QED) is 0.230. The lowest BCUT2D eigenvalue weighted by Gasteiger charge is -2.16. The van der Waals surface area contributed by atoms with Crippen LogP contribution in [0, 0.1) is 0 Å². The van der Waals surface area contributed by atoms with Gasteiger partial charge in [-0.15, -0.1) is 0 Å². The van der Waals surface area contributed by atoms with E-state index in [4.69, 9.17) is 9.97 Å². The molecule has 0 aliphatic heterocycles. The van der Waals surface area contributed by atoms with E-state index in [1.807, 2.05) is 24.3 Å².